The van der Waals surface area contributed by atoms with Crippen molar-refractivity contribution >= 4 is 39.3 Å². The second-order valence-electron chi connectivity index (χ2n) is 9.76. The highest BCUT2D eigenvalue weighted by Crippen LogP contribution is 2.54. The zero-order chi connectivity index (χ0) is 23.0. The van der Waals surface area contributed by atoms with Gasteiger partial charge >= 0.3 is 0 Å². The van der Waals surface area contributed by atoms with Crippen molar-refractivity contribution in [3.05, 3.63) is 58.1 Å². The maximum absolute atomic E-state index is 13.7. The van der Waals surface area contributed by atoms with E-state index in [9.17, 15) is 19.5 Å². The third-order valence-electron chi connectivity index (χ3n) is 6.74. The zero-order valence-corrected chi connectivity index (χ0v) is 19.6. The molecule has 3 aliphatic heterocycles. The van der Waals surface area contributed by atoms with E-state index in [0.29, 0.717) is 17.7 Å². The van der Waals surface area contributed by atoms with Gasteiger partial charge in [-0.1, -0.05) is 28.1 Å². The van der Waals surface area contributed by atoms with E-state index in [1.165, 1.54) is 4.90 Å². The van der Waals surface area contributed by atoms with Gasteiger partial charge in [0.15, 0.2) is 0 Å². The van der Waals surface area contributed by atoms with E-state index in [4.69, 9.17) is 0 Å². The number of nitrogens with zero attached hydrogens (tertiary/aromatic N) is 1. The Balaban J connectivity index is 1.66. The number of carbonyl (C=O) groups is 3. The van der Waals surface area contributed by atoms with E-state index in [0.717, 1.165) is 10.0 Å². The lowest BCUT2D eigenvalue weighted by molar-refractivity contribution is -0.147. The fourth-order valence-electron chi connectivity index (χ4n) is 5.50. The molecule has 5 rings (SSSR count). The average Bonchev–Trinajstić information content (AvgIpc) is 3.28. The van der Waals surface area contributed by atoms with Gasteiger partial charge in [0.1, 0.15) is 11.3 Å². The summed E-state index contributed by atoms with van der Waals surface area (Å²) < 4.78 is 0.789. The summed E-state index contributed by atoms with van der Waals surface area (Å²) in [4.78, 5) is 42.1. The summed E-state index contributed by atoms with van der Waals surface area (Å²) in [6, 6.07) is 11.8. The summed E-state index contributed by atoms with van der Waals surface area (Å²) in [5.74, 6) is -2.25. The van der Waals surface area contributed by atoms with Crippen molar-refractivity contribution in [3.63, 3.8) is 0 Å². The Hall–Kier alpha value is -2.71. The minimum atomic E-state index is -1.32. The zero-order valence-electron chi connectivity index (χ0n) is 18.0. The maximum Gasteiger partial charge on any atom is 0.250 e. The van der Waals surface area contributed by atoms with Gasteiger partial charge in [0.05, 0.1) is 11.8 Å². The molecule has 0 aromatic heterocycles. The molecule has 2 aromatic rings. The number of benzene rings is 2. The Labute approximate surface area is 194 Å². The summed E-state index contributed by atoms with van der Waals surface area (Å²) in [5.41, 5.74) is 0.204. The monoisotopic (exact) mass is 497 g/mol. The van der Waals surface area contributed by atoms with E-state index < -0.39 is 29.0 Å². The number of fused-ring (bicyclic) bond motifs is 4. The van der Waals surface area contributed by atoms with Crippen LogP contribution < -0.4 is 10.6 Å². The normalized spacial score (nSPS) is 28.9. The number of imide groups is 1. The van der Waals surface area contributed by atoms with Gasteiger partial charge in [-0.3, -0.25) is 24.6 Å². The van der Waals surface area contributed by atoms with Crippen LogP contribution in [0.5, 0.6) is 5.75 Å². The fourth-order valence-corrected chi connectivity index (χ4v) is 5.86. The Morgan fingerprint density at radius 2 is 1.75 bits per heavy atom. The molecule has 7 nitrogen and oxygen atoms in total. The molecule has 32 heavy (non-hydrogen) atoms. The van der Waals surface area contributed by atoms with E-state index >= 15 is 0 Å². The van der Waals surface area contributed by atoms with Gasteiger partial charge < -0.3 is 10.4 Å². The smallest absolute Gasteiger partial charge is 0.250 e. The molecule has 2 fully saturated rings. The lowest BCUT2D eigenvalue weighted by atomic mass is 9.76. The average molecular weight is 498 g/mol. The molecule has 1 spiro atoms. The first-order valence-corrected chi connectivity index (χ1v) is 11.4. The van der Waals surface area contributed by atoms with Crippen molar-refractivity contribution in [2.45, 2.75) is 44.3 Å². The Kier molecular flexibility index (Phi) is 4.56. The van der Waals surface area contributed by atoms with Gasteiger partial charge in [0, 0.05) is 27.3 Å². The van der Waals surface area contributed by atoms with Crippen LogP contribution in [0.25, 0.3) is 0 Å². The van der Waals surface area contributed by atoms with Crippen molar-refractivity contribution in [2.24, 2.45) is 11.8 Å². The molecule has 2 unspecified atom stereocenters. The third-order valence-corrected chi connectivity index (χ3v) is 7.23. The summed E-state index contributed by atoms with van der Waals surface area (Å²) in [6.45, 7) is 5.49. The van der Waals surface area contributed by atoms with Crippen LogP contribution in [0.1, 0.15) is 31.9 Å². The molecular weight excluding hydrogens is 474 g/mol. The van der Waals surface area contributed by atoms with Crippen LogP contribution in [0, 0.1) is 11.8 Å². The van der Waals surface area contributed by atoms with Crippen LogP contribution in [-0.2, 0) is 26.3 Å². The molecule has 0 aliphatic carbocycles. The number of carbonyl (C=O) groups excluding carboxylic acids is 3. The number of hydrogen-bond donors (Lipinski definition) is 3. The lowest BCUT2D eigenvalue weighted by Crippen LogP contribution is -2.56. The van der Waals surface area contributed by atoms with Crippen LogP contribution in [0.4, 0.5) is 5.69 Å². The number of rotatable bonds is 2. The number of anilines is 1. The predicted octanol–water partition coefficient (Wildman–Crippen LogP) is 2.92. The lowest BCUT2D eigenvalue weighted by Gasteiger charge is -2.34. The largest absolute Gasteiger partial charge is 0.508 e. The number of halogens is 1. The Morgan fingerprint density at radius 3 is 2.41 bits per heavy atom. The second-order valence-corrected chi connectivity index (χ2v) is 10.7. The second kappa shape index (κ2) is 6.89. The van der Waals surface area contributed by atoms with E-state index in [1.807, 2.05) is 32.9 Å². The molecule has 4 atom stereocenters. The minimum Gasteiger partial charge on any atom is -0.508 e. The van der Waals surface area contributed by atoms with Crippen LogP contribution >= 0.6 is 15.9 Å². The number of aromatic hydroxyl groups is 1. The molecule has 8 heteroatoms. The first-order valence-electron chi connectivity index (χ1n) is 10.6. The first-order chi connectivity index (χ1) is 15.0. The topological polar surface area (TPSA) is 98.7 Å². The molecule has 2 saturated heterocycles. The van der Waals surface area contributed by atoms with Crippen LogP contribution in [0.2, 0.25) is 0 Å². The summed E-state index contributed by atoms with van der Waals surface area (Å²) in [7, 11) is 0. The van der Waals surface area contributed by atoms with Crippen molar-refractivity contribution < 1.29 is 19.5 Å². The molecule has 0 bridgehead atoms. The number of amides is 3. The fraction of sp³-hybridized carbons (Fsp3) is 0.375. The molecule has 3 aliphatic rings. The maximum atomic E-state index is 13.7. The Bertz CT molecular complexity index is 1160. The van der Waals surface area contributed by atoms with Gasteiger partial charge in [0.2, 0.25) is 17.7 Å². The van der Waals surface area contributed by atoms with E-state index in [-0.39, 0.29) is 23.5 Å². The molecule has 3 heterocycles. The standard InChI is InChI=1S/C24H24BrN3O4/c1-23(2,3)28-20(30)18-17(10-12-4-7-14(29)8-5-12)27-24(19(18)21(28)31)15-11-13(25)6-9-16(15)26-22(24)32/h4-9,11,17-19,27,29H,10H2,1-3H3,(H,26,32)/t17?,18-,19+,24?/m1/s1. The molecular formula is C24H24BrN3O4. The third kappa shape index (κ3) is 2.85. The number of nitrogens with one attached hydrogen (secondary N) is 2. The number of hydrogen-bond acceptors (Lipinski definition) is 5. The van der Waals surface area contributed by atoms with Gasteiger partial charge in [-0.15, -0.1) is 0 Å². The van der Waals surface area contributed by atoms with Crippen molar-refractivity contribution in [1.29, 1.82) is 0 Å². The molecule has 3 N–H and O–H groups in total. The van der Waals surface area contributed by atoms with Crippen LogP contribution in [0.3, 0.4) is 0 Å². The SMILES string of the molecule is CC(C)(C)N1C(=O)[C@@H]2C(Cc3ccc(O)cc3)NC3(C(=O)Nc4ccc(Br)cc43)[C@@H]2C1=O. The van der Waals surface area contributed by atoms with Crippen molar-refractivity contribution in [3.8, 4) is 5.75 Å². The van der Waals surface area contributed by atoms with E-state index in [1.54, 1.807) is 30.3 Å². The van der Waals surface area contributed by atoms with Crippen molar-refractivity contribution in [2.75, 3.05) is 5.32 Å². The predicted molar refractivity (Wildman–Crippen MR) is 122 cm³/mol. The summed E-state index contributed by atoms with van der Waals surface area (Å²) in [5, 5.41) is 16.0. The summed E-state index contributed by atoms with van der Waals surface area (Å²) in [6.07, 6.45) is 0.441. The number of phenolic OH excluding ortho intramolecular Hbond substituents is 1. The molecule has 166 valence electrons. The highest BCUT2D eigenvalue weighted by molar-refractivity contribution is 9.10. The summed E-state index contributed by atoms with van der Waals surface area (Å²) >= 11 is 3.48. The molecule has 0 saturated carbocycles. The van der Waals surface area contributed by atoms with Crippen molar-refractivity contribution in [1.82, 2.24) is 10.2 Å². The molecule has 2 aromatic carbocycles. The number of phenols is 1. The van der Waals surface area contributed by atoms with Gasteiger partial charge in [-0.2, -0.15) is 0 Å². The Morgan fingerprint density at radius 1 is 1.06 bits per heavy atom. The first kappa shape index (κ1) is 21.2. The quantitative estimate of drug-likeness (QED) is 0.554. The van der Waals surface area contributed by atoms with Gasteiger partial charge in [-0.05, 0) is 63.1 Å². The highest BCUT2D eigenvalue weighted by Gasteiger charge is 2.71. The van der Waals surface area contributed by atoms with E-state index in [2.05, 4.69) is 26.6 Å². The minimum absolute atomic E-state index is 0.155. The van der Waals surface area contributed by atoms with Gasteiger partial charge in [-0.25, -0.2) is 0 Å². The molecule has 0 radical (unpaired) electrons. The van der Waals surface area contributed by atoms with Crippen LogP contribution in [-0.4, -0.2) is 39.3 Å². The number of likely N-dealkylation sites (tertiary alicyclic amines) is 1. The van der Waals surface area contributed by atoms with Gasteiger partial charge in [0.25, 0.3) is 0 Å². The molecule has 3 amide bonds. The van der Waals surface area contributed by atoms with Crippen LogP contribution in [0.15, 0.2) is 46.9 Å². The highest BCUT2D eigenvalue weighted by atomic mass is 79.9.